The number of ether oxygens (including phenoxy) is 1. The Balaban J connectivity index is 1.58. The van der Waals surface area contributed by atoms with Crippen LogP contribution in [0, 0.1) is 0 Å². The number of thioether (sulfide) groups is 1. The summed E-state index contributed by atoms with van der Waals surface area (Å²) in [5.74, 6) is 0.145. The van der Waals surface area contributed by atoms with Crippen LogP contribution in [0.5, 0.6) is 5.75 Å². The van der Waals surface area contributed by atoms with E-state index in [0.29, 0.717) is 16.9 Å². The first kappa shape index (κ1) is 21.7. The molecule has 0 saturated carbocycles. The third kappa shape index (κ3) is 3.50. The molecule has 0 aromatic heterocycles. The number of anilines is 1. The van der Waals surface area contributed by atoms with Gasteiger partial charge in [-0.2, -0.15) is 10.2 Å². The average Bonchev–Trinajstić information content (AvgIpc) is 3.45. The maximum absolute atomic E-state index is 13.7. The van der Waals surface area contributed by atoms with Crippen molar-refractivity contribution in [3.05, 3.63) is 96.1 Å². The molecule has 1 spiro atoms. The van der Waals surface area contributed by atoms with Crippen molar-refractivity contribution in [2.45, 2.75) is 5.12 Å². The van der Waals surface area contributed by atoms with Gasteiger partial charge in [0.05, 0.1) is 12.8 Å². The number of carbonyl (C=O) groups is 2. The molecule has 0 N–H and O–H groups in total. The highest BCUT2D eigenvalue weighted by molar-refractivity contribution is 8.17. The van der Waals surface area contributed by atoms with Crippen molar-refractivity contribution >= 4 is 40.5 Å². The smallest absolute Gasteiger partial charge is 0.291 e. The number of benzene rings is 3. The third-order valence-electron chi connectivity index (χ3n) is 5.56. The number of rotatable bonds is 5. The van der Waals surface area contributed by atoms with Crippen LogP contribution in [0.4, 0.5) is 5.69 Å². The molecule has 2 aliphatic rings. The summed E-state index contributed by atoms with van der Waals surface area (Å²) >= 11 is 1.18. The highest BCUT2D eigenvalue weighted by Gasteiger charge is 2.58. The van der Waals surface area contributed by atoms with E-state index in [1.54, 1.807) is 60.6 Å². The second kappa shape index (κ2) is 8.68. The van der Waals surface area contributed by atoms with Crippen LogP contribution >= 0.6 is 11.8 Å². The van der Waals surface area contributed by atoms with Gasteiger partial charge in [0.1, 0.15) is 12.1 Å². The first-order valence-electron chi connectivity index (χ1n) is 10.5. The molecular formula is C25H21N5O3S. The molecule has 8 nitrogen and oxygen atoms in total. The number of amides is 1. The summed E-state index contributed by atoms with van der Waals surface area (Å²) in [5.41, 5.74) is 1.70. The fraction of sp³-hybridized carbons (Fsp3) is 0.120. The average molecular weight is 472 g/mol. The van der Waals surface area contributed by atoms with Gasteiger partial charge in [-0.15, -0.1) is 0 Å². The van der Waals surface area contributed by atoms with Crippen LogP contribution in [0.2, 0.25) is 0 Å². The molecule has 0 radical (unpaired) electrons. The van der Waals surface area contributed by atoms with Crippen molar-refractivity contribution in [1.82, 2.24) is 9.91 Å². The van der Waals surface area contributed by atoms with Crippen LogP contribution in [-0.4, -0.2) is 52.3 Å². The summed E-state index contributed by atoms with van der Waals surface area (Å²) in [4.78, 5) is 28.5. The number of hydrogen-bond donors (Lipinski definition) is 0. The zero-order valence-electron chi connectivity index (χ0n) is 18.5. The Morgan fingerprint density at radius 1 is 0.882 bits per heavy atom. The number of hydrogen-bond acceptors (Lipinski definition) is 8. The molecule has 9 heteroatoms. The van der Waals surface area contributed by atoms with Gasteiger partial charge in [0.25, 0.3) is 11.0 Å². The molecule has 0 unspecified atom stereocenters. The molecule has 2 aliphatic heterocycles. The molecule has 2 heterocycles. The van der Waals surface area contributed by atoms with Crippen LogP contribution < -0.4 is 9.75 Å². The summed E-state index contributed by atoms with van der Waals surface area (Å²) in [6, 6.07) is 25.2. The van der Waals surface area contributed by atoms with Gasteiger partial charge < -0.3 is 4.74 Å². The zero-order chi connectivity index (χ0) is 23.7. The van der Waals surface area contributed by atoms with Gasteiger partial charge in [-0.1, -0.05) is 48.5 Å². The van der Waals surface area contributed by atoms with Crippen molar-refractivity contribution in [1.29, 1.82) is 0 Å². The fourth-order valence-corrected chi connectivity index (χ4v) is 5.03. The van der Waals surface area contributed by atoms with Crippen LogP contribution in [0.1, 0.15) is 20.7 Å². The Bertz CT molecular complexity index is 1280. The van der Waals surface area contributed by atoms with Gasteiger partial charge in [0, 0.05) is 18.2 Å². The zero-order valence-corrected chi connectivity index (χ0v) is 19.3. The number of methoxy groups -OCH3 is 1. The number of carbonyl (C=O) groups excluding carboxylic acids is 2. The first-order chi connectivity index (χ1) is 16.5. The third-order valence-corrected chi connectivity index (χ3v) is 6.93. The Morgan fingerprint density at radius 3 is 2.18 bits per heavy atom. The lowest BCUT2D eigenvalue weighted by Crippen LogP contribution is -2.60. The van der Waals surface area contributed by atoms with Crippen molar-refractivity contribution in [2.24, 2.45) is 10.2 Å². The van der Waals surface area contributed by atoms with Crippen molar-refractivity contribution in [3.8, 4) is 5.75 Å². The van der Waals surface area contributed by atoms with E-state index in [2.05, 4.69) is 5.10 Å². The molecule has 0 bridgehead atoms. The summed E-state index contributed by atoms with van der Waals surface area (Å²) in [7, 11) is 3.33. The van der Waals surface area contributed by atoms with E-state index in [-0.39, 0.29) is 16.7 Å². The van der Waals surface area contributed by atoms with Crippen LogP contribution in [-0.2, 0) is 0 Å². The summed E-state index contributed by atoms with van der Waals surface area (Å²) in [6.45, 7) is 0. The largest absolute Gasteiger partial charge is 0.497 e. The Hall–Kier alpha value is -4.11. The summed E-state index contributed by atoms with van der Waals surface area (Å²) in [5, 5.41) is 11.5. The molecule has 3 aromatic rings. The predicted molar refractivity (Wildman–Crippen MR) is 133 cm³/mol. The maximum Gasteiger partial charge on any atom is 0.291 e. The van der Waals surface area contributed by atoms with Crippen molar-refractivity contribution < 1.29 is 14.3 Å². The van der Waals surface area contributed by atoms with Crippen LogP contribution in [0.3, 0.4) is 0 Å². The van der Waals surface area contributed by atoms with Gasteiger partial charge >= 0.3 is 0 Å². The van der Waals surface area contributed by atoms with E-state index in [1.165, 1.54) is 23.0 Å². The topological polar surface area (TPSA) is 77.8 Å². The monoisotopic (exact) mass is 471 g/mol. The maximum atomic E-state index is 13.7. The second-order valence-corrected chi connectivity index (χ2v) is 8.72. The Morgan fingerprint density at radius 2 is 1.53 bits per heavy atom. The van der Waals surface area contributed by atoms with Crippen molar-refractivity contribution in [2.75, 3.05) is 19.2 Å². The normalized spacial score (nSPS) is 19.0. The molecule has 0 saturated heterocycles. The minimum atomic E-state index is -1.22. The van der Waals surface area contributed by atoms with Gasteiger partial charge in [-0.25, -0.2) is 14.9 Å². The molecule has 5 rings (SSSR count). The number of Topliss-reactive ketones (excluding diaryl/α,β-unsaturated/α-hetero) is 1. The highest BCUT2D eigenvalue weighted by atomic mass is 32.2. The second-order valence-electron chi connectivity index (χ2n) is 7.58. The molecule has 1 atom stereocenters. The van der Waals surface area contributed by atoms with Crippen LogP contribution in [0.15, 0.2) is 95.1 Å². The molecule has 0 aliphatic carbocycles. The van der Waals surface area contributed by atoms with E-state index in [9.17, 15) is 9.59 Å². The molecule has 3 aromatic carbocycles. The standard InChI is InChI=1S/C25H21N5O3S/c1-28-25(29(17-26-28)24(32)19-13-15-21(33-2)16-14-19)30(20-11-7-4-8-12-20)27-23(34-25)22(31)18-9-5-3-6-10-18/h3-17H,1-2H3/t25-/m0/s1. The summed E-state index contributed by atoms with van der Waals surface area (Å²) in [6.07, 6.45) is 1.47. The van der Waals surface area contributed by atoms with E-state index in [4.69, 9.17) is 9.84 Å². The minimum absolute atomic E-state index is 0.222. The van der Waals surface area contributed by atoms with E-state index in [1.807, 2.05) is 48.5 Å². The Labute approximate surface area is 201 Å². The van der Waals surface area contributed by atoms with Gasteiger partial charge in [0.15, 0.2) is 5.04 Å². The molecule has 170 valence electrons. The Kier molecular flexibility index (Phi) is 5.54. The molecule has 1 amide bonds. The number of ketones is 1. The number of hydrazone groups is 2. The SMILES string of the molecule is COc1ccc(C(=O)N2C=NN(C)[C@]23SC(C(=O)c2ccccc2)=NN3c2ccccc2)cc1. The number of nitrogens with zero attached hydrogens (tertiary/aromatic N) is 5. The lowest BCUT2D eigenvalue weighted by atomic mass is 10.1. The van der Waals surface area contributed by atoms with Gasteiger partial charge in [0.2, 0.25) is 5.78 Å². The molecule has 0 fully saturated rings. The lowest BCUT2D eigenvalue weighted by Gasteiger charge is -2.42. The quantitative estimate of drug-likeness (QED) is 0.522. The highest BCUT2D eigenvalue weighted by Crippen LogP contribution is 2.47. The van der Waals surface area contributed by atoms with E-state index < -0.39 is 5.12 Å². The van der Waals surface area contributed by atoms with Crippen molar-refractivity contribution in [3.63, 3.8) is 0 Å². The molecular weight excluding hydrogens is 450 g/mol. The molecule has 34 heavy (non-hydrogen) atoms. The van der Waals surface area contributed by atoms with Crippen LogP contribution in [0.25, 0.3) is 0 Å². The summed E-state index contributed by atoms with van der Waals surface area (Å²) < 4.78 is 5.21. The minimum Gasteiger partial charge on any atom is -0.497 e. The first-order valence-corrected chi connectivity index (χ1v) is 11.3. The lowest BCUT2D eigenvalue weighted by molar-refractivity contribution is 0.0643. The van der Waals surface area contributed by atoms with E-state index >= 15 is 0 Å². The predicted octanol–water partition coefficient (Wildman–Crippen LogP) is 4.09. The number of para-hydroxylation sites is 1. The van der Waals surface area contributed by atoms with Gasteiger partial charge in [-0.05, 0) is 48.2 Å². The van der Waals surface area contributed by atoms with Gasteiger partial charge in [-0.3, -0.25) is 9.59 Å². The fourth-order valence-electron chi connectivity index (χ4n) is 3.80. The van der Waals surface area contributed by atoms with E-state index in [0.717, 1.165) is 5.69 Å².